The number of H-pyrrole nitrogens is 1. The summed E-state index contributed by atoms with van der Waals surface area (Å²) in [7, 11) is 1.69. The molecule has 0 unspecified atom stereocenters. The molecule has 0 saturated heterocycles. The van der Waals surface area contributed by atoms with Crippen LogP contribution >= 0.6 is 11.6 Å². The van der Waals surface area contributed by atoms with E-state index in [1.54, 1.807) is 7.11 Å². The maximum Gasteiger partial charge on any atom is 0.121 e. The maximum absolute atomic E-state index is 5.89. The van der Waals surface area contributed by atoms with Crippen LogP contribution in [0.2, 0.25) is 5.02 Å². The first-order chi connectivity index (χ1) is 7.79. The van der Waals surface area contributed by atoms with Gasteiger partial charge in [0.2, 0.25) is 0 Å². The molecule has 2 rings (SSSR count). The number of imidazole rings is 1. The van der Waals surface area contributed by atoms with Gasteiger partial charge in [0, 0.05) is 18.7 Å². The first-order valence-electron chi connectivity index (χ1n) is 5.13. The molecule has 2 aromatic rings. The predicted octanol–water partition coefficient (Wildman–Crippen LogP) is 1.95. The summed E-state index contributed by atoms with van der Waals surface area (Å²) >= 11 is 5.89. The number of aromatic nitrogens is 2. The van der Waals surface area contributed by atoms with Crippen molar-refractivity contribution in [1.82, 2.24) is 15.3 Å². The molecule has 4 nitrogen and oxygen atoms in total. The van der Waals surface area contributed by atoms with Gasteiger partial charge in [0.25, 0.3) is 0 Å². The minimum Gasteiger partial charge on any atom is -0.383 e. The van der Waals surface area contributed by atoms with E-state index >= 15 is 0 Å². The highest BCUT2D eigenvalue weighted by Crippen LogP contribution is 2.16. The second kappa shape index (κ2) is 5.30. The number of ether oxygens (including phenoxy) is 1. The van der Waals surface area contributed by atoms with Gasteiger partial charge in [0.15, 0.2) is 0 Å². The predicted molar refractivity (Wildman–Crippen MR) is 64.7 cm³/mol. The first-order valence-corrected chi connectivity index (χ1v) is 5.51. The molecule has 86 valence electrons. The molecular formula is C11H14ClN3O. The Bertz CT molecular complexity index is 469. The van der Waals surface area contributed by atoms with Gasteiger partial charge in [0.1, 0.15) is 5.82 Å². The van der Waals surface area contributed by atoms with Crippen molar-refractivity contribution in [2.45, 2.75) is 6.54 Å². The SMILES string of the molecule is COCCNCc1nc2ccc(Cl)cc2[nH]1. The molecular weight excluding hydrogens is 226 g/mol. The zero-order valence-electron chi connectivity index (χ0n) is 9.09. The smallest absolute Gasteiger partial charge is 0.121 e. The van der Waals surface area contributed by atoms with Gasteiger partial charge >= 0.3 is 0 Å². The van der Waals surface area contributed by atoms with Crippen molar-refractivity contribution in [2.75, 3.05) is 20.3 Å². The third kappa shape index (κ3) is 2.72. The molecule has 0 aliphatic rings. The van der Waals surface area contributed by atoms with Gasteiger partial charge in [-0.2, -0.15) is 0 Å². The summed E-state index contributed by atoms with van der Waals surface area (Å²) in [5.41, 5.74) is 1.91. The first kappa shape index (κ1) is 11.4. The van der Waals surface area contributed by atoms with Crippen LogP contribution in [0.3, 0.4) is 0 Å². The quantitative estimate of drug-likeness (QED) is 0.785. The van der Waals surface area contributed by atoms with Crippen molar-refractivity contribution in [3.63, 3.8) is 0 Å². The topological polar surface area (TPSA) is 49.9 Å². The normalized spacial score (nSPS) is 11.1. The lowest BCUT2D eigenvalue weighted by Crippen LogP contribution is -2.19. The highest BCUT2D eigenvalue weighted by molar-refractivity contribution is 6.31. The second-order valence-electron chi connectivity index (χ2n) is 3.51. The fourth-order valence-corrected chi connectivity index (χ4v) is 1.67. The lowest BCUT2D eigenvalue weighted by molar-refractivity contribution is 0.199. The van der Waals surface area contributed by atoms with Crippen LogP contribution in [0.4, 0.5) is 0 Å². The molecule has 0 aliphatic carbocycles. The number of halogens is 1. The average molecular weight is 240 g/mol. The third-order valence-corrected chi connectivity index (χ3v) is 2.50. The summed E-state index contributed by atoms with van der Waals surface area (Å²) in [5.74, 6) is 0.911. The number of hydrogen-bond acceptors (Lipinski definition) is 3. The van der Waals surface area contributed by atoms with Crippen LogP contribution in [-0.2, 0) is 11.3 Å². The Morgan fingerprint density at radius 2 is 2.38 bits per heavy atom. The summed E-state index contributed by atoms with van der Waals surface area (Å²) in [6.07, 6.45) is 0. The number of fused-ring (bicyclic) bond motifs is 1. The van der Waals surface area contributed by atoms with Gasteiger partial charge in [-0.3, -0.25) is 0 Å². The fraction of sp³-hybridized carbons (Fsp3) is 0.364. The summed E-state index contributed by atoms with van der Waals surface area (Å²) in [6.45, 7) is 2.22. The third-order valence-electron chi connectivity index (χ3n) is 2.27. The number of benzene rings is 1. The zero-order chi connectivity index (χ0) is 11.4. The van der Waals surface area contributed by atoms with Crippen molar-refractivity contribution in [1.29, 1.82) is 0 Å². The van der Waals surface area contributed by atoms with E-state index in [1.807, 2.05) is 18.2 Å². The van der Waals surface area contributed by atoms with Crippen LogP contribution in [0, 0.1) is 0 Å². The average Bonchev–Trinajstić information content (AvgIpc) is 2.66. The van der Waals surface area contributed by atoms with Gasteiger partial charge in [-0.15, -0.1) is 0 Å². The van der Waals surface area contributed by atoms with E-state index in [0.29, 0.717) is 13.2 Å². The molecule has 0 bridgehead atoms. The number of aromatic amines is 1. The Hall–Kier alpha value is -1.10. The van der Waals surface area contributed by atoms with Crippen molar-refractivity contribution >= 4 is 22.6 Å². The van der Waals surface area contributed by atoms with E-state index < -0.39 is 0 Å². The van der Waals surface area contributed by atoms with Gasteiger partial charge in [-0.25, -0.2) is 4.98 Å². The second-order valence-corrected chi connectivity index (χ2v) is 3.95. The van der Waals surface area contributed by atoms with Gasteiger partial charge in [-0.1, -0.05) is 11.6 Å². The van der Waals surface area contributed by atoms with Crippen LogP contribution in [0.15, 0.2) is 18.2 Å². The number of rotatable bonds is 5. The van der Waals surface area contributed by atoms with Crippen LogP contribution in [0.5, 0.6) is 0 Å². The molecule has 0 radical (unpaired) electrons. The van der Waals surface area contributed by atoms with Crippen molar-refractivity contribution < 1.29 is 4.74 Å². The van der Waals surface area contributed by atoms with E-state index in [2.05, 4.69) is 15.3 Å². The van der Waals surface area contributed by atoms with Crippen LogP contribution < -0.4 is 5.32 Å². The highest BCUT2D eigenvalue weighted by Gasteiger charge is 2.02. The van der Waals surface area contributed by atoms with E-state index in [-0.39, 0.29) is 0 Å². The molecule has 0 aliphatic heterocycles. The molecule has 0 atom stereocenters. The molecule has 0 amide bonds. The Kier molecular flexibility index (Phi) is 3.77. The molecule has 1 heterocycles. The van der Waals surface area contributed by atoms with E-state index in [4.69, 9.17) is 16.3 Å². The summed E-state index contributed by atoms with van der Waals surface area (Å²) in [4.78, 5) is 7.65. The standard InChI is InChI=1S/C11H14ClN3O/c1-16-5-4-13-7-11-14-9-3-2-8(12)6-10(9)15-11/h2-3,6,13H,4-5,7H2,1H3,(H,14,15). The monoisotopic (exact) mass is 239 g/mol. The van der Waals surface area contributed by atoms with E-state index in [1.165, 1.54) is 0 Å². The summed E-state index contributed by atoms with van der Waals surface area (Å²) in [5, 5.41) is 3.94. The van der Waals surface area contributed by atoms with Crippen molar-refractivity contribution in [2.24, 2.45) is 0 Å². The van der Waals surface area contributed by atoms with Crippen molar-refractivity contribution in [3.8, 4) is 0 Å². The molecule has 0 fully saturated rings. The van der Waals surface area contributed by atoms with E-state index in [9.17, 15) is 0 Å². The minimum absolute atomic E-state index is 0.700. The number of methoxy groups -OCH3 is 1. The highest BCUT2D eigenvalue weighted by atomic mass is 35.5. The molecule has 1 aromatic heterocycles. The summed E-state index contributed by atoms with van der Waals surface area (Å²) in [6, 6.07) is 5.63. The minimum atomic E-state index is 0.700. The lowest BCUT2D eigenvalue weighted by atomic mass is 10.3. The van der Waals surface area contributed by atoms with Crippen LogP contribution in [0.1, 0.15) is 5.82 Å². The largest absolute Gasteiger partial charge is 0.383 e. The van der Waals surface area contributed by atoms with Gasteiger partial charge < -0.3 is 15.0 Å². The zero-order valence-corrected chi connectivity index (χ0v) is 9.84. The number of hydrogen-bond donors (Lipinski definition) is 2. The Morgan fingerprint density at radius 3 is 3.19 bits per heavy atom. The Labute approximate surface area is 99.0 Å². The van der Waals surface area contributed by atoms with E-state index in [0.717, 1.165) is 28.4 Å². The number of nitrogens with one attached hydrogen (secondary N) is 2. The van der Waals surface area contributed by atoms with Crippen LogP contribution in [-0.4, -0.2) is 30.2 Å². The fourth-order valence-electron chi connectivity index (χ4n) is 1.50. The molecule has 2 N–H and O–H groups in total. The van der Waals surface area contributed by atoms with Crippen molar-refractivity contribution in [3.05, 3.63) is 29.0 Å². The molecule has 1 aromatic carbocycles. The Morgan fingerprint density at radius 1 is 1.50 bits per heavy atom. The Balaban J connectivity index is 2.02. The van der Waals surface area contributed by atoms with Crippen LogP contribution in [0.25, 0.3) is 11.0 Å². The molecule has 5 heteroatoms. The molecule has 0 spiro atoms. The lowest BCUT2D eigenvalue weighted by Gasteiger charge is -2.00. The van der Waals surface area contributed by atoms with Gasteiger partial charge in [0.05, 0.1) is 24.2 Å². The summed E-state index contributed by atoms with van der Waals surface area (Å²) < 4.78 is 4.94. The molecule has 16 heavy (non-hydrogen) atoms. The molecule has 0 saturated carbocycles. The van der Waals surface area contributed by atoms with Gasteiger partial charge in [-0.05, 0) is 18.2 Å². The number of nitrogens with zero attached hydrogens (tertiary/aromatic N) is 1. The maximum atomic E-state index is 5.89.